The van der Waals surface area contributed by atoms with E-state index >= 15 is 0 Å². The first kappa shape index (κ1) is 15.0. The van der Waals surface area contributed by atoms with Crippen LogP contribution >= 0.6 is 0 Å². The van der Waals surface area contributed by atoms with Gasteiger partial charge in [0, 0.05) is 30.9 Å². The zero-order valence-electron chi connectivity index (χ0n) is 13.7. The summed E-state index contributed by atoms with van der Waals surface area (Å²) >= 11 is 0. The second-order valence-corrected chi connectivity index (χ2v) is 7.88. The lowest BCUT2D eigenvalue weighted by Gasteiger charge is -2.41. The molecule has 118 valence electrons. The van der Waals surface area contributed by atoms with Crippen molar-refractivity contribution in [3.8, 4) is 0 Å². The second kappa shape index (κ2) is 5.40. The van der Waals surface area contributed by atoms with Gasteiger partial charge in [-0.05, 0) is 50.4 Å². The van der Waals surface area contributed by atoms with E-state index in [-0.39, 0.29) is 0 Å². The van der Waals surface area contributed by atoms with Crippen molar-refractivity contribution >= 4 is 0 Å². The number of aromatic nitrogens is 2. The predicted octanol–water partition coefficient (Wildman–Crippen LogP) is 2.72. The van der Waals surface area contributed by atoms with E-state index < -0.39 is 5.60 Å². The van der Waals surface area contributed by atoms with Gasteiger partial charge >= 0.3 is 0 Å². The standard InChI is InChI=1S/C17H29N3O/c1-16(2)7-9-17(21,10-8-16)12-18-14-5-4-6-15-13(14)11-19-20(15)3/h11,14,18,21H,4-10,12H2,1-3H3. The SMILES string of the molecule is Cn1ncc2c1CCCC2NCC1(O)CCC(C)(C)CC1. The average molecular weight is 291 g/mol. The number of hydrogen-bond donors (Lipinski definition) is 2. The summed E-state index contributed by atoms with van der Waals surface area (Å²) in [6, 6.07) is 0.362. The average Bonchev–Trinajstić information content (AvgIpc) is 2.83. The molecule has 0 saturated heterocycles. The van der Waals surface area contributed by atoms with Gasteiger partial charge in [-0.15, -0.1) is 0 Å². The Hall–Kier alpha value is -0.870. The van der Waals surface area contributed by atoms with Gasteiger partial charge in [0.15, 0.2) is 0 Å². The number of nitrogens with zero attached hydrogens (tertiary/aromatic N) is 2. The molecule has 0 radical (unpaired) electrons. The lowest BCUT2D eigenvalue weighted by molar-refractivity contribution is -0.0264. The smallest absolute Gasteiger partial charge is 0.0772 e. The maximum absolute atomic E-state index is 10.8. The maximum atomic E-state index is 10.8. The van der Waals surface area contributed by atoms with Gasteiger partial charge in [-0.2, -0.15) is 5.10 Å². The summed E-state index contributed by atoms with van der Waals surface area (Å²) in [5.74, 6) is 0. The van der Waals surface area contributed by atoms with Crippen LogP contribution in [0.3, 0.4) is 0 Å². The fourth-order valence-electron chi connectivity index (χ4n) is 3.80. The summed E-state index contributed by atoms with van der Waals surface area (Å²) in [6.45, 7) is 5.33. The third kappa shape index (κ3) is 3.16. The van der Waals surface area contributed by atoms with Crippen LogP contribution in [0.15, 0.2) is 6.20 Å². The van der Waals surface area contributed by atoms with Crippen LogP contribution in [-0.2, 0) is 13.5 Å². The fourth-order valence-corrected chi connectivity index (χ4v) is 3.80. The van der Waals surface area contributed by atoms with Gasteiger partial charge in [-0.3, -0.25) is 4.68 Å². The Morgan fingerprint density at radius 2 is 2.05 bits per heavy atom. The maximum Gasteiger partial charge on any atom is 0.0772 e. The number of hydrogen-bond acceptors (Lipinski definition) is 3. The monoisotopic (exact) mass is 291 g/mol. The molecule has 1 fully saturated rings. The topological polar surface area (TPSA) is 50.1 Å². The minimum absolute atomic E-state index is 0.362. The summed E-state index contributed by atoms with van der Waals surface area (Å²) < 4.78 is 2.00. The van der Waals surface area contributed by atoms with E-state index in [2.05, 4.69) is 24.3 Å². The molecule has 4 nitrogen and oxygen atoms in total. The summed E-state index contributed by atoms with van der Waals surface area (Å²) in [7, 11) is 2.03. The van der Waals surface area contributed by atoms with Crippen LogP contribution in [0.25, 0.3) is 0 Å². The molecule has 3 rings (SSSR count). The molecule has 1 saturated carbocycles. The third-order valence-corrected chi connectivity index (χ3v) is 5.59. The fraction of sp³-hybridized carbons (Fsp3) is 0.824. The molecule has 2 N–H and O–H groups in total. The van der Waals surface area contributed by atoms with E-state index in [1.54, 1.807) is 0 Å². The minimum atomic E-state index is -0.519. The molecule has 2 aliphatic rings. The number of aryl methyl sites for hydroxylation is 1. The molecule has 2 aliphatic carbocycles. The molecular weight excluding hydrogens is 262 g/mol. The molecule has 4 heteroatoms. The van der Waals surface area contributed by atoms with E-state index in [0.29, 0.717) is 18.0 Å². The van der Waals surface area contributed by atoms with Crippen molar-refractivity contribution in [1.82, 2.24) is 15.1 Å². The Kier molecular flexibility index (Phi) is 3.87. The van der Waals surface area contributed by atoms with Crippen molar-refractivity contribution in [3.05, 3.63) is 17.5 Å². The van der Waals surface area contributed by atoms with Crippen molar-refractivity contribution in [3.63, 3.8) is 0 Å². The summed E-state index contributed by atoms with van der Waals surface area (Å²) in [6.07, 6.45) is 9.56. The first-order valence-electron chi connectivity index (χ1n) is 8.35. The number of nitrogens with one attached hydrogen (secondary N) is 1. The van der Waals surface area contributed by atoms with Gasteiger partial charge in [0.1, 0.15) is 0 Å². The minimum Gasteiger partial charge on any atom is -0.389 e. The molecule has 0 amide bonds. The van der Waals surface area contributed by atoms with Gasteiger partial charge in [0.25, 0.3) is 0 Å². The van der Waals surface area contributed by atoms with Gasteiger partial charge in [0.05, 0.1) is 11.8 Å². The highest BCUT2D eigenvalue weighted by Gasteiger charge is 2.37. The molecule has 0 aromatic carbocycles. The van der Waals surface area contributed by atoms with Crippen molar-refractivity contribution in [2.45, 2.75) is 70.4 Å². The van der Waals surface area contributed by atoms with Crippen molar-refractivity contribution in [2.24, 2.45) is 12.5 Å². The summed E-state index contributed by atoms with van der Waals surface area (Å²) in [5.41, 5.74) is 2.57. The zero-order valence-corrected chi connectivity index (χ0v) is 13.7. The first-order valence-corrected chi connectivity index (χ1v) is 8.35. The molecular formula is C17H29N3O. The van der Waals surface area contributed by atoms with Crippen LogP contribution in [0, 0.1) is 5.41 Å². The van der Waals surface area contributed by atoms with Crippen LogP contribution in [0.4, 0.5) is 0 Å². The highest BCUT2D eigenvalue weighted by molar-refractivity contribution is 5.24. The third-order valence-electron chi connectivity index (χ3n) is 5.59. The van der Waals surface area contributed by atoms with Crippen molar-refractivity contribution in [2.75, 3.05) is 6.54 Å². The van der Waals surface area contributed by atoms with E-state index in [9.17, 15) is 5.11 Å². The Labute approximate surface area is 127 Å². The zero-order chi connectivity index (χ0) is 15.1. The highest BCUT2D eigenvalue weighted by atomic mass is 16.3. The molecule has 1 atom stereocenters. The Balaban J connectivity index is 1.61. The molecule has 1 aromatic rings. The van der Waals surface area contributed by atoms with Crippen LogP contribution in [0.2, 0.25) is 0 Å². The lowest BCUT2D eigenvalue weighted by atomic mass is 9.71. The number of fused-ring (bicyclic) bond motifs is 1. The second-order valence-electron chi connectivity index (χ2n) is 7.88. The molecule has 0 aliphatic heterocycles. The van der Waals surface area contributed by atoms with Crippen LogP contribution in [-0.4, -0.2) is 27.0 Å². The predicted molar refractivity (Wildman–Crippen MR) is 84.1 cm³/mol. The van der Waals surface area contributed by atoms with Crippen molar-refractivity contribution < 1.29 is 5.11 Å². The van der Waals surface area contributed by atoms with Crippen LogP contribution in [0.5, 0.6) is 0 Å². The molecule has 1 aromatic heterocycles. The number of aliphatic hydroxyl groups is 1. The lowest BCUT2D eigenvalue weighted by Crippen LogP contribution is -2.46. The largest absolute Gasteiger partial charge is 0.389 e. The highest BCUT2D eigenvalue weighted by Crippen LogP contribution is 2.40. The number of rotatable bonds is 3. The molecule has 0 spiro atoms. The van der Waals surface area contributed by atoms with E-state index in [0.717, 1.165) is 38.5 Å². The first-order chi connectivity index (χ1) is 9.89. The summed E-state index contributed by atoms with van der Waals surface area (Å²) in [5, 5.41) is 18.8. The quantitative estimate of drug-likeness (QED) is 0.900. The van der Waals surface area contributed by atoms with Crippen LogP contribution < -0.4 is 5.32 Å². The Bertz CT molecular complexity index is 496. The van der Waals surface area contributed by atoms with E-state index in [1.807, 2.05) is 17.9 Å². The molecule has 1 unspecified atom stereocenters. The van der Waals surface area contributed by atoms with Gasteiger partial charge in [0.2, 0.25) is 0 Å². The van der Waals surface area contributed by atoms with Crippen LogP contribution in [0.1, 0.15) is 69.7 Å². The molecule has 0 bridgehead atoms. The summed E-state index contributed by atoms with van der Waals surface area (Å²) in [4.78, 5) is 0. The molecule has 21 heavy (non-hydrogen) atoms. The van der Waals surface area contributed by atoms with Gasteiger partial charge in [-0.25, -0.2) is 0 Å². The van der Waals surface area contributed by atoms with Crippen molar-refractivity contribution in [1.29, 1.82) is 0 Å². The van der Waals surface area contributed by atoms with E-state index in [1.165, 1.54) is 17.7 Å². The Morgan fingerprint density at radius 1 is 1.33 bits per heavy atom. The van der Waals surface area contributed by atoms with E-state index in [4.69, 9.17) is 0 Å². The normalized spacial score (nSPS) is 27.3. The Morgan fingerprint density at radius 3 is 2.76 bits per heavy atom. The van der Waals surface area contributed by atoms with Gasteiger partial charge in [-0.1, -0.05) is 13.8 Å². The molecule has 1 heterocycles. The van der Waals surface area contributed by atoms with Gasteiger partial charge < -0.3 is 10.4 Å².